The highest BCUT2D eigenvalue weighted by atomic mass is 32.2. The lowest BCUT2D eigenvalue weighted by atomic mass is 10.1. The van der Waals surface area contributed by atoms with E-state index in [1.54, 1.807) is 56.9 Å². The lowest BCUT2D eigenvalue weighted by Crippen LogP contribution is -2.08. The van der Waals surface area contributed by atoms with Gasteiger partial charge in [-0.1, -0.05) is 12.1 Å². The summed E-state index contributed by atoms with van der Waals surface area (Å²) in [7, 11) is -0.384. The molecule has 0 saturated heterocycles. The first-order chi connectivity index (χ1) is 19.9. The van der Waals surface area contributed by atoms with Crippen molar-refractivity contribution in [2.45, 2.75) is 17.1 Å². The molecule has 4 heterocycles. The molecule has 12 nitrogen and oxygen atoms in total. The molecule has 41 heavy (non-hydrogen) atoms. The fourth-order valence-electron chi connectivity index (χ4n) is 4.47. The van der Waals surface area contributed by atoms with Gasteiger partial charge in [0.1, 0.15) is 29.4 Å². The van der Waals surface area contributed by atoms with Gasteiger partial charge in [-0.25, -0.2) is 38.3 Å². The standard InChI is InChI=1S/C28H24N8O4S/c1-39-22-11-20-21(12-23(22)40-2)35-26-25(20)27(34-16-33-26)36-28-31-13-18(14-32-28)10-17-4-6-19(7-5-17)41(37,38)15-24-29-8-3-9-30-24/h3-9,11-14,16H,10,15H2,1-2H3,(H2,31,32,33,34,35,36). The summed E-state index contributed by atoms with van der Waals surface area (Å²) in [6.07, 6.45) is 8.47. The molecular formula is C28H24N8O4S. The van der Waals surface area contributed by atoms with Crippen molar-refractivity contribution in [2.75, 3.05) is 19.5 Å². The van der Waals surface area contributed by atoms with Crippen LogP contribution in [0, 0.1) is 0 Å². The highest BCUT2D eigenvalue weighted by Crippen LogP contribution is 2.37. The van der Waals surface area contributed by atoms with Gasteiger partial charge < -0.3 is 19.8 Å². The van der Waals surface area contributed by atoms with Crippen molar-refractivity contribution in [3.05, 3.63) is 90.5 Å². The van der Waals surface area contributed by atoms with Gasteiger partial charge in [0.2, 0.25) is 5.95 Å². The van der Waals surface area contributed by atoms with E-state index in [4.69, 9.17) is 9.47 Å². The molecule has 0 spiro atoms. The molecule has 6 rings (SSSR count). The van der Waals surface area contributed by atoms with E-state index in [9.17, 15) is 8.42 Å². The van der Waals surface area contributed by atoms with Gasteiger partial charge in [-0.3, -0.25) is 0 Å². The number of ether oxygens (including phenoxy) is 2. The molecule has 0 aliphatic rings. The molecular weight excluding hydrogens is 544 g/mol. The van der Waals surface area contributed by atoms with Crippen LogP contribution in [0.1, 0.15) is 17.0 Å². The normalized spacial score (nSPS) is 11.6. The van der Waals surface area contributed by atoms with Gasteiger partial charge in [-0.15, -0.1) is 0 Å². The third-order valence-corrected chi connectivity index (χ3v) is 8.09. The number of methoxy groups -OCH3 is 2. The Labute approximate surface area is 234 Å². The summed E-state index contributed by atoms with van der Waals surface area (Å²) in [5.74, 6) is 2.11. The number of fused-ring (bicyclic) bond motifs is 3. The smallest absolute Gasteiger partial charge is 0.228 e. The average molecular weight is 569 g/mol. The van der Waals surface area contributed by atoms with Gasteiger partial charge in [-0.2, -0.15) is 0 Å². The number of hydrogen-bond acceptors (Lipinski definition) is 11. The quantitative estimate of drug-likeness (QED) is 0.259. The molecule has 0 amide bonds. The summed E-state index contributed by atoms with van der Waals surface area (Å²) in [5, 5.41) is 4.81. The minimum Gasteiger partial charge on any atom is -0.493 e. The van der Waals surface area contributed by atoms with Crippen LogP contribution in [0.4, 0.5) is 11.8 Å². The Morgan fingerprint density at radius 2 is 1.56 bits per heavy atom. The summed E-state index contributed by atoms with van der Waals surface area (Å²) >= 11 is 0. The number of aromatic amines is 1. The summed E-state index contributed by atoms with van der Waals surface area (Å²) in [5.41, 5.74) is 3.25. The van der Waals surface area contributed by atoms with Crippen LogP contribution in [0.3, 0.4) is 0 Å². The first-order valence-electron chi connectivity index (χ1n) is 12.5. The minimum atomic E-state index is -3.56. The van der Waals surface area contributed by atoms with Crippen molar-refractivity contribution in [2.24, 2.45) is 0 Å². The number of nitrogens with zero attached hydrogens (tertiary/aromatic N) is 6. The molecule has 0 atom stereocenters. The molecule has 0 aliphatic heterocycles. The number of benzene rings is 2. The molecule has 206 valence electrons. The van der Waals surface area contributed by atoms with Gasteiger partial charge in [0.25, 0.3) is 0 Å². The fourth-order valence-corrected chi connectivity index (χ4v) is 5.68. The summed E-state index contributed by atoms with van der Waals surface area (Å²) in [6.45, 7) is 0. The number of rotatable bonds is 9. The lowest BCUT2D eigenvalue weighted by molar-refractivity contribution is 0.356. The van der Waals surface area contributed by atoms with E-state index in [0.29, 0.717) is 35.3 Å². The van der Waals surface area contributed by atoms with Crippen molar-refractivity contribution >= 4 is 43.5 Å². The van der Waals surface area contributed by atoms with E-state index in [0.717, 1.165) is 27.4 Å². The van der Waals surface area contributed by atoms with Crippen LogP contribution in [0.15, 0.2) is 78.5 Å². The van der Waals surface area contributed by atoms with Crippen LogP contribution in [-0.2, 0) is 22.0 Å². The Balaban J connectivity index is 1.18. The summed E-state index contributed by atoms with van der Waals surface area (Å²) in [6, 6.07) is 12.1. The van der Waals surface area contributed by atoms with Gasteiger partial charge in [0, 0.05) is 42.7 Å². The first-order valence-corrected chi connectivity index (χ1v) is 14.1. The lowest BCUT2D eigenvalue weighted by Gasteiger charge is -2.08. The molecule has 0 fully saturated rings. The molecule has 2 N–H and O–H groups in total. The highest BCUT2D eigenvalue weighted by Gasteiger charge is 2.18. The van der Waals surface area contributed by atoms with Crippen molar-refractivity contribution in [3.63, 3.8) is 0 Å². The number of hydrogen-bond donors (Lipinski definition) is 2. The summed E-state index contributed by atoms with van der Waals surface area (Å²) in [4.78, 5) is 29.2. The van der Waals surface area contributed by atoms with E-state index >= 15 is 0 Å². The van der Waals surface area contributed by atoms with Gasteiger partial charge in [-0.05, 0) is 35.4 Å². The summed E-state index contributed by atoms with van der Waals surface area (Å²) < 4.78 is 36.3. The molecule has 13 heteroatoms. The van der Waals surface area contributed by atoms with E-state index in [2.05, 4.69) is 40.2 Å². The topological polar surface area (TPSA) is 158 Å². The van der Waals surface area contributed by atoms with Crippen molar-refractivity contribution in [1.82, 2.24) is 34.9 Å². The second kappa shape index (κ2) is 10.8. The van der Waals surface area contributed by atoms with Crippen LogP contribution in [0.5, 0.6) is 11.5 Å². The predicted molar refractivity (Wildman–Crippen MR) is 152 cm³/mol. The fraction of sp³-hybridized carbons (Fsp3) is 0.143. The molecule has 0 saturated carbocycles. The molecule has 0 bridgehead atoms. The molecule has 0 radical (unpaired) electrons. The van der Waals surface area contributed by atoms with Gasteiger partial charge in [0.15, 0.2) is 21.3 Å². The van der Waals surface area contributed by atoms with Crippen LogP contribution in [0.2, 0.25) is 0 Å². The third kappa shape index (κ3) is 5.34. The van der Waals surface area contributed by atoms with Crippen molar-refractivity contribution in [3.8, 4) is 11.5 Å². The molecule has 2 aromatic carbocycles. The van der Waals surface area contributed by atoms with E-state index in [1.807, 2.05) is 12.1 Å². The SMILES string of the molecule is COc1cc2[nH]c3ncnc(Nc4ncc(Cc5ccc(S(=O)(=O)Cc6ncccn6)cc5)cn4)c3c2cc1OC. The van der Waals surface area contributed by atoms with E-state index in [1.165, 1.54) is 18.7 Å². The Morgan fingerprint density at radius 1 is 0.854 bits per heavy atom. The number of nitrogens with one attached hydrogen (secondary N) is 2. The van der Waals surface area contributed by atoms with Crippen LogP contribution < -0.4 is 14.8 Å². The molecule has 0 aliphatic carbocycles. The van der Waals surface area contributed by atoms with Crippen LogP contribution in [0.25, 0.3) is 21.9 Å². The monoisotopic (exact) mass is 568 g/mol. The number of aromatic nitrogens is 7. The maximum absolute atomic E-state index is 12.7. The maximum atomic E-state index is 12.7. The zero-order chi connectivity index (χ0) is 28.4. The van der Waals surface area contributed by atoms with Crippen molar-refractivity contribution < 1.29 is 17.9 Å². The average Bonchev–Trinajstić information content (AvgIpc) is 3.36. The minimum absolute atomic E-state index is 0.217. The van der Waals surface area contributed by atoms with E-state index < -0.39 is 9.84 Å². The zero-order valence-corrected chi connectivity index (χ0v) is 22.9. The second-order valence-corrected chi connectivity index (χ2v) is 11.1. The Bertz CT molecular complexity index is 1950. The molecule has 0 unspecified atom stereocenters. The number of H-pyrrole nitrogens is 1. The molecule has 6 aromatic rings. The first kappa shape index (κ1) is 26.1. The van der Waals surface area contributed by atoms with E-state index in [-0.39, 0.29) is 16.5 Å². The van der Waals surface area contributed by atoms with Crippen molar-refractivity contribution in [1.29, 1.82) is 0 Å². The predicted octanol–water partition coefficient (Wildman–Crippen LogP) is 4.02. The third-order valence-electron chi connectivity index (χ3n) is 6.46. The maximum Gasteiger partial charge on any atom is 0.228 e. The van der Waals surface area contributed by atoms with Crippen LogP contribution in [-0.4, -0.2) is 57.5 Å². The zero-order valence-electron chi connectivity index (χ0n) is 22.1. The Hall–Kier alpha value is -5.17. The van der Waals surface area contributed by atoms with Gasteiger partial charge in [0.05, 0.1) is 30.0 Å². The number of sulfone groups is 1. The largest absolute Gasteiger partial charge is 0.493 e. The number of anilines is 2. The Morgan fingerprint density at radius 3 is 2.27 bits per heavy atom. The van der Waals surface area contributed by atoms with Crippen LogP contribution >= 0.6 is 0 Å². The molecule has 4 aromatic heterocycles. The second-order valence-electron chi connectivity index (χ2n) is 9.11. The van der Waals surface area contributed by atoms with Gasteiger partial charge >= 0.3 is 0 Å². The Kier molecular flexibility index (Phi) is 6.85. The highest BCUT2D eigenvalue weighted by molar-refractivity contribution is 7.90.